The Morgan fingerprint density at radius 1 is 0.964 bits per heavy atom. The normalized spacial score (nSPS) is 12.8. The van der Waals surface area contributed by atoms with Gasteiger partial charge in [-0.3, -0.25) is 4.79 Å². The first kappa shape index (κ1) is 22.2. The summed E-state index contributed by atoms with van der Waals surface area (Å²) in [6.45, 7) is 5.23. The molecular formula is C19H17F6O2P. The highest BCUT2D eigenvalue weighted by Crippen LogP contribution is 2.41. The molecule has 0 saturated heterocycles. The predicted molar refractivity (Wildman–Crippen MR) is 95.7 cm³/mol. The fraction of sp³-hybridized carbons (Fsp3) is 0.316. The van der Waals surface area contributed by atoms with Crippen molar-refractivity contribution in [2.45, 2.75) is 39.2 Å². The molecule has 0 N–H and O–H groups in total. The molecule has 0 radical (unpaired) electrons. The van der Waals surface area contributed by atoms with E-state index < -0.39 is 43.1 Å². The summed E-state index contributed by atoms with van der Waals surface area (Å²) in [7, 11) is -0.897. The van der Waals surface area contributed by atoms with Crippen LogP contribution in [0, 0.1) is 6.92 Å². The number of carbonyl (C=O) groups is 1. The summed E-state index contributed by atoms with van der Waals surface area (Å²) in [6.07, 6.45) is -10.3. The first-order chi connectivity index (χ1) is 12.8. The smallest absolute Gasteiger partial charge is 0.417 e. The van der Waals surface area contributed by atoms with Crippen LogP contribution in [0.3, 0.4) is 0 Å². The lowest BCUT2D eigenvalue weighted by atomic mass is 10.0. The van der Waals surface area contributed by atoms with Gasteiger partial charge < -0.3 is 4.74 Å². The van der Waals surface area contributed by atoms with Gasteiger partial charge in [0, 0.05) is 5.56 Å². The fourth-order valence-electron chi connectivity index (χ4n) is 2.58. The van der Waals surface area contributed by atoms with Crippen LogP contribution < -0.4 is 10.0 Å². The lowest BCUT2D eigenvalue weighted by Crippen LogP contribution is -2.19. The molecule has 0 aromatic heterocycles. The summed E-state index contributed by atoms with van der Waals surface area (Å²) in [5.74, 6) is 0.500. The fourth-order valence-corrected chi connectivity index (χ4v) is 3.65. The van der Waals surface area contributed by atoms with Gasteiger partial charge in [-0.2, -0.15) is 26.3 Å². The Hall–Kier alpha value is -2.08. The van der Waals surface area contributed by atoms with Crippen LogP contribution in [0.5, 0.6) is 5.75 Å². The van der Waals surface area contributed by atoms with E-state index in [1.165, 1.54) is 12.1 Å². The predicted octanol–water partition coefficient (Wildman–Crippen LogP) is 5.96. The lowest BCUT2D eigenvalue weighted by molar-refractivity contribution is -0.143. The third-order valence-corrected chi connectivity index (χ3v) is 5.03. The van der Waals surface area contributed by atoms with Gasteiger partial charge in [0.15, 0.2) is 5.52 Å². The van der Waals surface area contributed by atoms with Gasteiger partial charge in [-0.05, 0) is 64.5 Å². The second-order valence-electron chi connectivity index (χ2n) is 6.32. The Balaban J connectivity index is 2.47. The molecule has 2 aromatic rings. The van der Waals surface area contributed by atoms with Gasteiger partial charge >= 0.3 is 12.4 Å². The Morgan fingerprint density at radius 2 is 1.50 bits per heavy atom. The zero-order chi connectivity index (χ0) is 21.3. The maximum atomic E-state index is 13.2. The van der Waals surface area contributed by atoms with Crippen LogP contribution in [0.4, 0.5) is 26.3 Å². The van der Waals surface area contributed by atoms with Gasteiger partial charge in [-0.1, -0.05) is 12.1 Å². The van der Waals surface area contributed by atoms with Gasteiger partial charge in [0.25, 0.3) is 0 Å². The van der Waals surface area contributed by atoms with Crippen LogP contribution in [-0.2, 0) is 12.4 Å². The Morgan fingerprint density at radius 3 is 1.93 bits per heavy atom. The number of rotatable bonds is 5. The summed E-state index contributed by atoms with van der Waals surface area (Å²) in [6, 6.07) is 6.22. The highest BCUT2D eigenvalue weighted by atomic mass is 31.1. The van der Waals surface area contributed by atoms with Crippen molar-refractivity contribution in [1.29, 1.82) is 0 Å². The second-order valence-corrected chi connectivity index (χ2v) is 7.56. The highest BCUT2D eigenvalue weighted by Gasteiger charge is 2.42. The Labute approximate surface area is 159 Å². The van der Waals surface area contributed by atoms with Crippen molar-refractivity contribution < 1.29 is 35.9 Å². The zero-order valence-electron chi connectivity index (χ0n) is 15.1. The average Bonchev–Trinajstić information content (AvgIpc) is 2.54. The molecule has 2 aromatic carbocycles. The van der Waals surface area contributed by atoms with Crippen molar-refractivity contribution in [1.82, 2.24) is 0 Å². The van der Waals surface area contributed by atoms with E-state index in [4.69, 9.17) is 4.74 Å². The van der Waals surface area contributed by atoms with E-state index in [0.717, 1.165) is 0 Å². The molecule has 0 bridgehead atoms. The Bertz CT molecular complexity index is 839. The van der Waals surface area contributed by atoms with Crippen molar-refractivity contribution in [3.63, 3.8) is 0 Å². The molecule has 0 aliphatic heterocycles. The summed E-state index contributed by atoms with van der Waals surface area (Å²) in [5, 5.41) is 0.353. The molecule has 152 valence electrons. The number of aryl methyl sites for hydroxylation is 1. The molecule has 9 heteroatoms. The molecule has 0 aliphatic rings. The summed E-state index contributed by atoms with van der Waals surface area (Å²) in [5.41, 5.74) is -5.19. The monoisotopic (exact) mass is 422 g/mol. The van der Waals surface area contributed by atoms with Crippen molar-refractivity contribution in [2.24, 2.45) is 0 Å². The molecule has 1 unspecified atom stereocenters. The molecule has 1 atom stereocenters. The van der Waals surface area contributed by atoms with Crippen molar-refractivity contribution in [2.75, 3.05) is 0 Å². The third-order valence-electron chi connectivity index (χ3n) is 3.72. The van der Waals surface area contributed by atoms with E-state index >= 15 is 0 Å². The maximum Gasteiger partial charge on any atom is 0.417 e. The van der Waals surface area contributed by atoms with E-state index in [0.29, 0.717) is 34.8 Å². The van der Waals surface area contributed by atoms with Gasteiger partial charge in [0.1, 0.15) is 5.75 Å². The first-order valence-electron chi connectivity index (χ1n) is 8.16. The van der Waals surface area contributed by atoms with Crippen molar-refractivity contribution in [3.05, 3.63) is 58.7 Å². The highest BCUT2D eigenvalue weighted by molar-refractivity contribution is 7.66. The standard InChI is InChI=1S/C19H17F6O2P/c1-10(2)27-12-7-8-15(11(3)9-12)28-17(26)16-13(18(20,21)22)5-4-6-14(16)19(23,24)25/h4-10,28H,1-3H3. The van der Waals surface area contributed by atoms with E-state index in [1.54, 1.807) is 26.8 Å². The Kier molecular flexibility index (Phi) is 6.44. The van der Waals surface area contributed by atoms with Gasteiger partial charge in [0.05, 0.1) is 17.2 Å². The lowest BCUT2D eigenvalue weighted by Gasteiger charge is -2.18. The number of hydrogen-bond acceptors (Lipinski definition) is 2. The number of hydrogen-bond donors (Lipinski definition) is 0. The third kappa shape index (κ3) is 5.25. The summed E-state index contributed by atoms with van der Waals surface area (Å²) in [4.78, 5) is 12.5. The van der Waals surface area contributed by atoms with Gasteiger partial charge in [-0.15, -0.1) is 0 Å². The van der Waals surface area contributed by atoms with Gasteiger partial charge in [-0.25, -0.2) is 0 Å². The van der Waals surface area contributed by atoms with E-state index in [1.807, 2.05) is 0 Å². The van der Waals surface area contributed by atoms with Crippen LogP contribution >= 0.6 is 8.58 Å². The summed E-state index contributed by atoms with van der Waals surface area (Å²) >= 11 is 0. The molecule has 28 heavy (non-hydrogen) atoms. The van der Waals surface area contributed by atoms with Gasteiger partial charge in [0.2, 0.25) is 0 Å². The number of ether oxygens (including phenoxy) is 1. The molecular weight excluding hydrogens is 405 g/mol. The number of benzene rings is 2. The SMILES string of the molecule is Cc1cc(OC(C)C)ccc1PC(=O)c1c(C(F)(F)F)cccc1C(F)(F)F. The minimum atomic E-state index is -5.08. The molecule has 0 fully saturated rings. The first-order valence-corrected chi connectivity index (χ1v) is 9.16. The molecule has 2 nitrogen and oxygen atoms in total. The molecule has 0 amide bonds. The van der Waals surface area contributed by atoms with Crippen molar-refractivity contribution >= 4 is 19.4 Å². The molecule has 2 rings (SSSR count). The maximum absolute atomic E-state index is 13.2. The van der Waals surface area contributed by atoms with Crippen LogP contribution in [0.15, 0.2) is 36.4 Å². The minimum absolute atomic E-state index is 0.109. The van der Waals surface area contributed by atoms with E-state index in [9.17, 15) is 31.1 Å². The van der Waals surface area contributed by atoms with E-state index in [2.05, 4.69) is 0 Å². The quantitative estimate of drug-likeness (QED) is 0.439. The van der Waals surface area contributed by atoms with Crippen LogP contribution in [0.2, 0.25) is 0 Å². The number of halogens is 6. The molecule has 0 aliphatic carbocycles. The second kappa shape index (κ2) is 8.11. The number of alkyl halides is 6. The van der Waals surface area contributed by atoms with E-state index in [-0.39, 0.29) is 6.10 Å². The largest absolute Gasteiger partial charge is 0.491 e. The van der Waals surface area contributed by atoms with Crippen LogP contribution in [-0.4, -0.2) is 11.6 Å². The summed E-state index contributed by atoms with van der Waals surface area (Å²) < 4.78 is 84.9. The van der Waals surface area contributed by atoms with Crippen LogP contribution in [0.1, 0.15) is 40.9 Å². The molecule has 0 heterocycles. The number of carbonyl (C=O) groups excluding carboxylic acids is 1. The molecule has 0 saturated carbocycles. The zero-order valence-corrected chi connectivity index (χ0v) is 16.1. The van der Waals surface area contributed by atoms with Crippen LogP contribution in [0.25, 0.3) is 0 Å². The van der Waals surface area contributed by atoms with Crippen molar-refractivity contribution in [3.8, 4) is 5.75 Å². The average molecular weight is 422 g/mol. The topological polar surface area (TPSA) is 26.3 Å². The molecule has 0 spiro atoms. The minimum Gasteiger partial charge on any atom is -0.491 e.